The van der Waals surface area contributed by atoms with Crippen molar-refractivity contribution in [3.8, 4) is 0 Å². The Morgan fingerprint density at radius 3 is 2.83 bits per heavy atom. The highest BCUT2D eigenvalue weighted by atomic mass is 16.2. The van der Waals surface area contributed by atoms with E-state index in [1.54, 1.807) is 6.92 Å². The monoisotopic (exact) mass is 170 g/mol. The molecule has 0 radical (unpaired) electrons. The van der Waals surface area contributed by atoms with Gasteiger partial charge in [-0.15, -0.1) is 0 Å². The molecule has 0 unspecified atom stereocenters. The fourth-order valence-electron chi connectivity index (χ4n) is 1.68. The van der Waals surface area contributed by atoms with Gasteiger partial charge >= 0.3 is 0 Å². The molecule has 0 aromatic rings. The van der Waals surface area contributed by atoms with Crippen LogP contribution >= 0.6 is 0 Å². The minimum atomic E-state index is -0.338. The van der Waals surface area contributed by atoms with Crippen molar-refractivity contribution in [2.24, 2.45) is 11.7 Å². The molecule has 0 aliphatic carbocycles. The van der Waals surface area contributed by atoms with Gasteiger partial charge in [-0.2, -0.15) is 0 Å². The molecule has 1 heterocycles. The molecule has 0 bridgehead atoms. The first-order chi connectivity index (χ1) is 5.61. The van der Waals surface area contributed by atoms with Gasteiger partial charge in [-0.25, -0.2) is 0 Å². The van der Waals surface area contributed by atoms with Crippen LogP contribution in [0.5, 0.6) is 0 Å². The van der Waals surface area contributed by atoms with Gasteiger partial charge in [0.2, 0.25) is 5.91 Å². The Bertz CT molecular complexity index is 168. The zero-order valence-corrected chi connectivity index (χ0v) is 7.92. The summed E-state index contributed by atoms with van der Waals surface area (Å²) >= 11 is 0. The van der Waals surface area contributed by atoms with E-state index in [1.165, 1.54) is 6.42 Å². The van der Waals surface area contributed by atoms with Gasteiger partial charge in [-0.1, -0.05) is 6.92 Å². The van der Waals surface area contributed by atoms with Gasteiger partial charge in [-0.05, 0) is 25.7 Å². The van der Waals surface area contributed by atoms with Gasteiger partial charge in [-0.3, -0.25) is 4.79 Å². The maximum atomic E-state index is 11.4. The van der Waals surface area contributed by atoms with E-state index in [1.807, 2.05) is 4.90 Å². The number of nitrogens with zero attached hydrogens (tertiary/aromatic N) is 1. The standard InChI is InChI=1S/C9H18N2O/c1-7-4-3-5-11(6-7)9(12)8(2)10/h7-8H,3-6,10H2,1-2H3/t7-,8+/m1/s1. The molecule has 0 aromatic carbocycles. The highest BCUT2D eigenvalue weighted by Gasteiger charge is 2.22. The predicted molar refractivity (Wildman–Crippen MR) is 48.6 cm³/mol. The maximum Gasteiger partial charge on any atom is 0.239 e. The second-order valence-electron chi connectivity index (χ2n) is 3.82. The summed E-state index contributed by atoms with van der Waals surface area (Å²) in [5.41, 5.74) is 5.52. The van der Waals surface area contributed by atoms with Gasteiger partial charge in [0.15, 0.2) is 0 Å². The molecule has 1 saturated heterocycles. The van der Waals surface area contributed by atoms with Crippen LogP contribution in [-0.4, -0.2) is 29.9 Å². The minimum absolute atomic E-state index is 0.0987. The van der Waals surface area contributed by atoms with Crippen molar-refractivity contribution >= 4 is 5.91 Å². The van der Waals surface area contributed by atoms with Crippen LogP contribution in [0.2, 0.25) is 0 Å². The Morgan fingerprint density at radius 1 is 1.67 bits per heavy atom. The molecule has 2 atom stereocenters. The Morgan fingerprint density at radius 2 is 2.33 bits per heavy atom. The molecule has 1 amide bonds. The number of carbonyl (C=O) groups excluding carboxylic acids is 1. The van der Waals surface area contributed by atoms with Crippen LogP contribution in [0.25, 0.3) is 0 Å². The highest BCUT2D eigenvalue weighted by molar-refractivity contribution is 5.81. The zero-order valence-electron chi connectivity index (χ0n) is 7.92. The molecule has 2 N–H and O–H groups in total. The molecule has 0 aromatic heterocycles. The quantitative estimate of drug-likeness (QED) is 0.626. The van der Waals surface area contributed by atoms with E-state index in [0.717, 1.165) is 19.5 Å². The number of amides is 1. The van der Waals surface area contributed by atoms with Crippen LogP contribution in [0.15, 0.2) is 0 Å². The molecule has 12 heavy (non-hydrogen) atoms. The summed E-state index contributed by atoms with van der Waals surface area (Å²) in [7, 11) is 0. The van der Waals surface area contributed by atoms with Crippen molar-refractivity contribution in [3.05, 3.63) is 0 Å². The van der Waals surface area contributed by atoms with Crippen LogP contribution < -0.4 is 5.73 Å². The molecular formula is C9H18N2O. The first-order valence-corrected chi connectivity index (χ1v) is 4.65. The minimum Gasteiger partial charge on any atom is -0.341 e. The average molecular weight is 170 g/mol. The van der Waals surface area contributed by atoms with Crippen LogP contribution in [0, 0.1) is 5.92 Å². The molecule has 0 saturated carbocycles. The number of rotatable bonds is 1. The smallest absolute Gasteiger partial charge is 0.239 e. The van der Waals surface area contributed by atoms with Gasteiger partial charge in [0.25, 0.3) is 0 Å². The lowest BCUT2D eigenvalue weighted by Crippen LogP contribution is -2.46. The Labute approximate surface area is 73.9 Å². The summed E-state index contributed by atoms with van der Waals surface area (Å²) in [4.78, 5) is 13.3. The molecule has 1 aliphatic heterocycles. The maximum absolute atomic E-state index is 11.4. The van der Waals surface area contributed by atoms with E-state index in [2.05, 4.69) is 6.92 Å². The summed E-state index contributed by atoms with van der Waals surface area (Å²) in [6, 6.07) is -0.338. The summed E-state index contributed by atoms with van der Waals surface area (Å²) in [5, 5.41) is 0. The molecular weight excluding hydrogens is 152 g/mol. The van der Waals surface area contributed by atoms with Crippen LogP contribution in [-0.2, 0) is 4.79 Å². The van der Waals surface area contributed by atoms with Crippen molar-refractivity contribution < 1.29 is 4.79 Å². The van der Waals surface area contributed by atoms with Crippen molar-refractivity contribution in [1.29, 1.82) is 0 Å². The van der Waals surface area contributed by atoms with E-state index < -0.39 is 0 Å². The number of carbonyl (C=O) groups is 1. The summed E-state index contributed by atoms with van der Waals surface area (Å²) in [6.07, 6.45) is 2.36. The Hall–Kier alpha value is -0.570. The SMILES string of the molecule is C[C@@H]1CCCN(C(=O)[C@H](C)N)C1. The third kappa shape index (κ3) is 2.21. The van der Waals surface area contributed by atoms with E-state index in [4.69, 9.17) is 5.73 Å². The Kier molecular flexibility index (Phi) is 3.09. The average Bonchev–Trinajstić information content (AvgIpc) is 2.03. The summed E-state index contributed by atoms with van der Waals surface area (Å²) in [6.45, 7) is 5.72. The normalized spacial score (nSPS) is 26.9. The zero-order chi connectivity index (χ0) is 9.14. The van der Waals surface area contributed by atoms with Crippen LogP contribution in [0.1, 0.15) is 26.7 Å². The third-order valence-electron chi connectivity index (χ3n) is 2.36. The van der Waals surface area contributed by atoms with Gasteiger partial charge in [0.1, 0.15) is 0 Å². The lowest BCUT2D eigenvalue weighted by Gasteiger charge is -2.31. The lowest BCUT2D eigenvalue weighted by molar-refractivity contribution is -0.133. The molecule has 1 aliphatic rings. The molecule has 3 heteroatoms. The van der Waals surface area contributed by atoms with Crippen molar-refractivity contribution in [3.63, 3.8) is 0 Å². The summed E-state index contributed by atoms with van der Waals surface area (Å²) < 4.78 is 0. The molecule has 1 rings (SSSR count). The fourth-order valence-corrected chi connectivity index (χ4v) is 1.68. The molecule has 3 nitrogen and oxygen atoms in total. The highest BCUT2D eigenvalue weighted by Crippen LogP contribution is 2.15. The predicted octanol–water partition coefficient (Wildman–Crippen LogP) is 0.592. The number of piperidine rings is 1. The largest absolute Gasteiger partial charge is 0.341 e. The molecule has 70 valence electrons. The Balaban J connectivity index is 2.46. The number of hydrogen-bond donors (Lipinski definition) is 1. The molecule has 1 fully saturated rings. The van der Waals surface area contributed by atoms with Crippen LogP contribution in [0.4, 0.5) is 0 Å². The number of nitrogens with two attached hydrogens (primary N) is 1. The van der Waals surface area contributed by atoms with E-state index in [0.29, 0.717) is 5.92 Å². The van der Waals surface area contributed by atoms with Gasteiger partial charge in [0, 0.05) is 13.1 Å². The van der Waals surface area contributed by atoms with Gasteiger partial charge < -0.3 is 10.6 Å². The van der Waals surface area contributed by atoms with E-state index in [-0.39, 0.29) is 11.9 Å². The van der Waals surface area contributed by atoms with Crippen molar-refractivity contribution in [2.75, 3.05) is 13.1 Å². The van der Waals surface area contributed by atoms with Crippen molar-refractivity contribution in [2.45, 2.75) is 32.7 Å². The number of hydrogen-bond acceptors (Lipinski definition) is 2. The first kappa shape index (κ1) is 9.52. The van der Waals surface area contributed by atoms with E-state index in [9.17, 15) is 4.79 Å². The van der Waals surface area contributed by atoms with Crippen molar-refractivity contribution in [1.82, 2.24) is 4.90 Å². The van der Waals surface area contributed by atoms with Gasteiger partial charge in [0.05, 0.1) is 6.04 Å². The summed E-state index contributed by atoms with van der Waals surface area (Å²) in [5.74, 6) is 0.739. The topological polar surface area (TPSA) is 46.3 Å². The second-order valence-corrected chi connectivity index (χ2v) is 3.82. The van der Waals surface area contributed by atoms with Crippen LogP contribution in [0.3, 0.4) is 0 Å². The number of likely N-dealkylation sites (tertiary alicyclic amines) is 1. The lowest BCUT2D eigenvalue weighted by atomic mass is 10.00. The first-order valence-electron chi connectivity index (χ1n) is 4.65. The van der Waals surface area contributed by atoms with E-state index >= 15 is 0 Å². The fraction of sp³-hybridized carbons (Fsp3) is 0.889. The molecule has 0 spiro atoms. The second kappa shape index (κ2) is 3.90. The third-order valence-corrected chi connectivity index (χ3v) is 2.36.